The number of nitrogens with two attached hydrogens (primary N) is 1. The summed E-state index contributed by atoms with van der Waals surface area (Å²) in [5.41, 5.74) is 4.70. The third kappa shape index (κ3) is 9.74. The number of carbonyl (C=O) groups excluding carboxylic acids is 5. The van der Waals surface area contributed by atoms with Crippen molar-refractivity contribution in [3.63, 3.8) is 0 Å². The fourth-order valence-electron chi connectivity index (χ4n) is 4.21. The van der Waals surface area contributed by atoms with E-state index in [4.69, 9.17) is 10.5 Å². The highest BCUT2D eigenvalue weighted by molar-refractivity contribution is 5.97. The Kier molecular flexibility index (Phi) is 11.4. The summed E-state index contributed by atoms with van der Waals surface area (Å²) in [6.45, 7) is 5.04. The highest BCUT2D eigenvalue weighted by atomic mass is 16.5. The van der Waals surface area contributed by atoms with Crippen molar-refractivity contribution in [2.75, 3.05) is 6.54 Å². The van der Waals surface area contributed by atoms with Crippen LogP contribution in [0.2, 0.25) is 0 Å². The van der Waals surface area contributed by atoms with Crippen LogP contribution >= 0.6 is 0 Å². The molecule has 6 N–H and O–H groups in total. The van der Waals surface area contributed by atoms with Crippen molar-refractivity contribution < 1.29 is 28.7 Å². The van der Waals surface area contributed by atoms with Gasteiger partial charge >= 0.3 is 6.09 Å². The third-order valence-electron chi connectivity index (χ3n) is 6.21. The van der Waals surface area contributed by atoms with E-state index in [2.05, 4.69) is 21.3 Å². The Morgan fingerprint density at radius 1 is 0.946 bits per heavy atom. The van der Waals surface area contributed by atoms with Crippen molar-refractivity contribution in [2.24, 2.45) is 11.7 Å². The SMILES string of the molecule is CC(C)C[C@@H](NC(=O)C1(NC(=O)[C@@H](C)NC(=O)OCc2ccccc2)CCCCC1)C(=O)NCC(N)=O. The monoisotopic (exact) mass is 517 g/mol. The average Bonchev–Trinajstić information content (AvgIpc) is 2.86. The van der Waals surface area contributed by atoms with Crippen LogP contribution in [0, 0.1) is 5.92 Å². The molecule has 1 saturated carbocycles. The topological polar surface area (TPSA) is 169 Å². The van der Waals surface area contributed by atoms with Crippen molar-refractivity contribution in [3.05, 3.63) is 35.9 Å². The molecular weight excluding hydrogens is 478 g/mol. The second-order valence-electron chi connectivity index (χ2n) is 9.90. The maximum absolute atomic E-state index is 13.5. The first kappa shape index (κ1) is 29.6. The lowest BCUT2D eigenvalue weighted by atomic mass is 9.80. The highest BCUT2D eigenvalue weighted by Gasteiger charge is 2.43. The Morgan fingerprint density at radius 2 is 1.59 bits per heavy atom. The summed E-state index contributed by atoms with van der Waals surface area (Å²) in [6, 6.07) is 7.28. The highest BCUT2D eigenvalue weighted by Crippen LogP contribution is 2.29. The molecule has 2 rings (SSSR count). The van der Waals surface area contributed by atoms with Crippen molar-refractivity contribution in [1.82, 2.24) is 21.3 Å². The van der Waals surface area contributed by atoms with Gasteiger partial charge in [0.2, 0.25) is 23.6 Å². The van der Waals surface area contributed by atoms with E-state index in [1.54, 1.807) is 0 Å². The summed E-state index contributed by atoms with van der Waals surface area (Å²) >= 11 is 0. The second kappa shape index (κ2) is 14.2. The number of hydrogen-bond acceptors (Lipinski definition) is 6. The number of amides is 5. The summed E-state index contributed by atoms with van der Waals surface area (Å²) in [6.07, 6.45) is 2.73. The number of primary amides is 1. The maximum Gasteiger partial charge on any atom is 0.408 e. The molecule has 1 aliphatic rings. The Bertz CT molecular complexity index is 946. The molecule has 0 heterocycles. The lowest BCUT2D eigenvalue weighted by Gasteiger charge is -2.38. The van der Waals surface area contributed by atoms with Gasteiger partial charge in [-0.1, -0.05) is 63.4 Å². The van der Waals surface area contributed by atoms with Gasteiger partial charge in [-0.15, -0.1) is 0 Å². The first-order valence-corrected chi connectivity index (χ1v) is 12.7. The van der Waals surface area contributed by atoms with Gasteiger partial charge in [0.15, 0.2) is 0 Å². The lowest BCUT2D eigenvalue weighted by molar-refractivity contribution is -0.138. The van der Waals surface area contributed by atoms with E-state index in [0.29, 0.717) is 19.3 Å². The molecule has 0 saturated heterocycles. The number of carbonyl (C=O) groups is 5. The molecule has 0 unspecified atom stereocenters. The fourth-order valence-corrected chi connectivity index (χ4v) is 4.21. The molecule has 0 radical (unpaired) electrons. The molecule has 1 fully saturated rings. The minimum atomic E-state index is -1.22. The molecule has 1 aliphatic carbocycles. The Labute approximate surface area is 217 Å². The van der Waals surface area contributed by atoms with E-state index in [1.807, 2.05) is 44.2 Å². The summed E-state index contributed by atoms with van der Waals surface area (Å²) in [5, 5.41) is 10.5. The van der Waals surface area contributed by atoms with Crippen LogP contribution in [-0.2, 0) is 30.5 Å². The molecule has 1 aromatic rings. The molecule has 0 spiro atoms. The van der Waals surface area contributed by atoms with E-state index in [-0.39, 0.29) is 19.1 Å². The zero-order valence-electron chi connectivity index (χ0n) is 21.8. The Balaban J connectivity index is 2.04. The number of benzene rings is 1. The smallest absolute Gasteiger partial charge is 0.408 e. The first-order valence-electron chi connectivity index (χ1n) is 12.7. The lowest BCUT2D eigenvalue weighted by Crippen LogP contribution is -2.64. The number of rotatable bonds is 12. The van der Waals surface area contributed by atoms with Crippen molar-refractivity contribution >= 4 is 29.7 Å². The summed E-state index contributed by atoms with van der Waals surface area (Å²) < 4.78 is 5.18. The minimum absolute atomic E-state index is 0.0579. The summed E-state index contributed by atoms with van der Waals surface area (Å²) in [4.78, 5) is 62.4. The van der Waals surface area contributed by atoms with Crippen LogP contribution in [0.1, 0.15) is 64.9 Å². The van der Waals surface area contributed by atoms with E-state index in [9.17, 15) is 24.0 Å². The molecule has 0 bridgehead atoms. The number of ether oxygens (including phenoxy) is 1. The molecule has 1 aromatic carbocycles. The van der Waals surface area contributed by atoms with Crippen LogP contribution in [-0.4, -0.2) is 53.9 Å². The molecular formula is C26H39N5O6. The van der Waals surface area contributed by atoms with E-state index in [1.165, 1.54) is 6.92 Å². The van der Waals surface area contributed by atoms with Crippen LogP contribution < -0.4 is 27.0 Å². The van der Waals surface area contributed by atoms with Crippen LogP contribution in [0.5, 0.6) is 0 Å². The van der Waals surface area contributed by atoms with Gasteiger partial charge in [0, 0.05) is 0 Å². The van der Waals surface area contributed by atoms with Gasteiger partial charge in [0.05, 0.1) is 6.54 Å². The molecule has 5 amide bonds. The molecule has 11 nitrogen and oxygen atoms in total. The quantitative estimate of drug-likeness (QED) is 0.279. The standard InChI is InChI=1S/C26H39N5O6/c1-17(2)14-20(23(34)28-15-21(27)32)30-24(35)26(12-8-5-9-13-26)31-22(33)18(3)29-25(36)37-16-19-10-6-4-7-11-19/h4,6-7,10-11,17-18,20H,5,8-9,12-16H2,1-3H3,(H2,27,32)(H,28,34)(H,29,36)(H,30,35)(H,31,33)/t18-,20-/m1/s1. The predicted molar refractivity (Wildman–Crippen MR) is 137 cm³/mol. The second-order valence-corrected chi connectivity index (χ2v) is 9.90. The largest absolute Gasteiger partial charge is 0.445 e. The van der Waals surface area contributed by atoms with Gasteiger partial charge in [-0.2, -0.15) is 0 Å². The van der Waals surface area contributed by atoms with Gasteiger partial charge in [-0.25, -0.2) is 4.79 Å². The zero-order chi connectivity index (χ0) is 27.4. The predicted octanol–water partition coefficient (Wildman–Crippen LogP) is 1.25. The fraction of sp³-hybridized carbons (Fsp3) is 0.577. The van der Waals surface area contributed by atoms with Gasteiger partial charge in [-0.05, 0) is 37.7 Å². The molecule has 37 heavy (non-hydrogen) atoms. The third-order valence-corrected chi connectivity index (χ3v) is 6.21. The van der Waals surface area contributed by atoms with E-state index >= 15 is 0 Å². The minimum Gasteiger partial charge on any atom is -0.445 e. The van der Waals surface area contributed by atoms with Crippen LogP contribution in [0.25, 0.3) is 0 Å². The number of hydrogen-bond donors (Lipinski definition) is 5. The molecule has 2 atom stereocenters. The molecule has 0 aromatic heterocycles. The number of alkyl carbamates (subject to hydrolysis) is 1. The number of nitrogens with one attached hydrogen (secondary N) is 4. The van der Waals surface area contributed by atoms with Crippen molar-refractivity contribution in [2.45, 2.75) is 83.5 Å². The molecule has 204 valence electrons. The summed E-state index contributed by atoms with van der Waals surface area (Å²) in [7, 11) is 0. The van der Waals surface area contributed by atoms with Gasteiger partial charge in [0.1, 0.15) is 24.2 Å². The van der Waals surface area contributed by atoms with Crippen molar-refractivity contribution in [1.29, 1.82) is 0 Å². The normalized spacial score (nSPS) is 16.1. The van der Waals surface area contributed by atoms with Crippen molar-refractivity contribution in [3.8, 4) is 0 Å². The van der Waals surface area contributed by atoms with Gasteiger partial charge in [0.25, 0.3) is 0 Å². The zero-order valence-corrected chi connectivity index (χ0v) is 21.8. The Morgan fingerprint density at radius 3 is 2.19 bits per heavy atom. The Hall–Kier alpha value is -3.63. The van der Waals surface area contributed by atoms with Gasteiger partial charge in [-0.3, -0.25) is 19.2 Å². The van der Waals surface area contributed by atoms with E-state index in [0.717, 1.165) is 24.8 Å². The van der Waals surface area contributed by atoms with E-state index < -0.39 is 47.3 Å². The first-order chi connectivity index (χ1) is 17.5. The van der Waals surface area contributed by atoms with Crippen LogP contribution in [0.3, 0.4) is 0 Å². The maximum atomic E-state index is 13.5. The van der Waals surface area contributed by atoms with Crippen LogP contribution in [0.15, 0.2) is 30.3 Å². The summed E-state index contributed by atoms with van der Waals surface area (Å²) in [5.74, 6) is -2.14. The molecule has 0 aliphatic heterocycles. The van der Waals surface area contributed by atoms with Crippen LogP contribution in [0.4, 0.5) is 4.79 Å². The van der Waals surface area contributed by atoms with Gasteiger partial charge < -0.3 is 31.7 Å². The molecule has 11 heteroatoms. The average molecular weight is 518 g/mol.